The highest BCUT2D eigenvalue weighted by Crippen LogP contribution is 2.11. The van der Waals surface area contributed by atoms with E-state index in [-0.39, 0.29) is 11.9 Å². The molecule has 1 aromatic heterocycles. The van der Waals surface area contributed by atoms with Crippen LogP contribution < -0.4 is 5.32 Å². The normalized spacial score (nSPS) is 11.9. The summed E-state index contributed by atoms with van der Waals surface area (Å²) < 4.78 is 5.17. The zero-order chi connectivity index (χ0) is 10.6. The number of allylic oxidation sites excluding steroid dienone is 1. The lowest BCUT2D eigenvalue weighted by Gasteiger charge is -2.09. The molecular formula is C11H15NO2. The van der Waals surface area contributed by atoms with E-state index in [1.165, 1.54) is 0 Å². The molecule has 0 unspecified atom stereocenters. The molecule has 0 saturated heterocycles. The zero-order valence-electron chi connectivity index (χ0n) is 8.70. The van der Waals surface area contributed by atoms with E-state index in [1.807, 2.05) is 26.8 Å². The topological polar surface area (TPSA) is 42.2 Å². The van der Waals surface area contributed by atoms with E-state index < -0.39 is 0 Å². The molecule has 76 valence electrons. The maximum absolute atomic E-state index is 11.3. The monoisotopic (exact) mass is 193 g/mol. The van der Waals surface area contributed by atoms with E-state index in [4.69, 9.17) is 4.42 Å². The molecule has 0 radical (unpaired) electrons. The summed E-state index contributed by atoms with van der Waals surface area (Å²) in [6, 6.07) is 3.56. The maximum Gasteiger partial charge on any atom is 0.244 e. The Morgan fingerprint density at radius 2 is 2.29 bits per heavy atom. The molecule has 1 rings (SSSR count). The van der Waals surface area contributed by atoms with Gasteiger partial charge in [0.1, 0.15) is 5.76 Å². The van der Waals surface area contributed by atoms with Gasteiger partial charge in [-0.1, -0.05) is 5.57 Å². The molecule has 0 aromatic carbocycles. The fourth-order valence-electron chi connectivity index (χ4n) is 1.13. The fraction of sp³-hybridized carbons (Fsp3) is 0.364. The van der Waals surface area contributed by atoms with E-state index in [2.05, 4.69) is 5.32 Å². The average molecular weight is 193 g/mol. The molecule has 0 saturated carbocycles. The summed E-state index contributed by atoms with van der Waals surface area (Å²) in [6.07, 6.45) is 3.17. The van der Waals surface area contributed by atoms with Crippen molar-refractivity contribution in [2.24, 2.45) is 0 Å². The molecule has 0 aliphatic carbocycles. The van der Waals surface area contributed by atoms with Crippen molar-refractivity contribution in [3.05, 3.63) is 35.8 Å². The van der Waals surface area contributed by atoms with Crippen molar-refractivity contribution in [3.63, 3.8) is 0 Å². The molecule has 3 heteroatoms. The summed E-state index contributed by atoms with van der Waals surface area (Å²) in [7, 11) is 0. The van der Waals surface area contributed by atoms with Gasteiger partial charge in [0, 0.05) is 6.08 Å². The summed E-state index contributed by atoms with van der Waals surface area (Å²) in [6.45, 7) is 5.66. The Morgan fingerprint density at radius 1 is 1.57 bits per heavy atom. The van der Waals surface area contributed by atoms with Gasteiger partial charge in [-0.15, -0.1) is 0 Å². The number of hydrogen-bond donors (Lipinski definition) is 1. The lowest BCUT2D eigenvalue weighted by molar-refractivity contribution is -0.117. The van der Waals surface area contributed by atoms with Crippen LogP contribution >= 0.6 is 0 Å². The van der Waals surface area contributed by atoms with Crippen LogP contribution in [-0.2, 0) is 4.79 Å². The number of rotatable bonds is 3. The van der Waals surface area contributed by atoms with Crippen LogP contribution in [0.2, 0.25) is 0 Å². The molecule has 0 aliphatic rings. The molecule has 1 amide bonds. The van der Waals surface area contributed by atoms with Gasteiger partial charge in [0.05, 0.1) is 12.3 Å². The van der Waals surface area contributed by atoms with Crippen molar-refractivity contribution in [1.82, 2.24) is 5.32 Å². The number of hydrogen-bond acceptors (Lipinski definition) is 2. The first-order valence-corrected chi connectivity index (χ1v) is 4.58. The molecule has 1 heterocycles. The molecule has 0 spiro atoms. The predicted octanol–water partition coefficient (Wildman–Crippen LogP) is 2.42. The molecule has 0 aliphatic heterocycles. The second-order valence-corrected chi connectivity index (χ2v) is 3.47. The molecule has 0 bridgehead atoms. The lowest BCUT2D eigenvalue weighted by atomic mass is 10.2. The number of carbonyl (C=O) groups excluding carboxylic acids is 1. The van der Waals surface area contributed by atoms with Gasteiger partial charge < -0.3 is 9.73 Å². The Bertz CT molecular complexity index is 321. The fourth-order valence-corrected chi connectivity index (χ4v) is 1.13. The standard InChI is InChI=1S/C11H15NO2/c1-8(2)7-11(13)12-9(3)10-5-4-6-14-10/h4-7,9H,1-3H3,(H,12,13)/t9-/m0/s1. The Kier molecular flexibility index (Phi) is 3.51. The number of furan rings is 1. The van der Waals surface area contributed by atoms with Crippen LogP contribution in [0.1, 0.15) is 32.6 Å². The van der Waals surface area contributed by atoms with Crippen LogP contribution in [0.5, 0.6) is 0 Å². The summed E-state index contributed by atoms with van der Waals surface area (Å²) >= 11 is 0. The number of nitrogens with one attached hydrogen (secondary N) is 1. The van der Waals surface area contributed by atoms with Gasteiger partial charge in [0.15, 0.2) is 0 Å². The Hall–Kier alpha value is -1.51. The third-order valence-corrected chi connectivity index (χ3v) is 1.75. The first-order valence-electron chi connectivity index (χ1n) is 4.58. The van der Waals surface area contributed by atoms with Crippen molar-refractivity contribution in [2.75, 3.05) is 0 Å². The summed E-state index contributed by atoms with van der Waals surface area (Å²) in [5.41, 5.74) is 0.981. The summed E-state index contributed by atoms with van der Waals surface area (Å²) in [5.74, 6) is 0.675. The molecule has 1 N–H and O–H groups in total. The van der Waals surface area contributed by atoms with Crippen LogP contribution in [0.4, 0.5) is 0 Å². The lowest BCUT2D eigenvalue weighted by Crippen LogP contribution is -2.24. The van der Waals surface area contributed by atoms with Crippen molar-refractivity contribution >= 4 is 5.91 Å². The highest BCUT2D eigenvalue weighted by molar-refractivity contribution is 5.88. The highest BCUT2D eigenvalue weighted by Gasteiger charge is 2.09. The van der Waals surface area contributed by atoms with Crippen LogP contribution in [0.25, 0.3) is 0 Å². The van der Waals surface area contributed by atoms with Gasteiger partial charge in [-0.2, -0.15) is 0 Å². The minimum atomic E-state index is -0.0897. The Labute approximate surface area is 83.8 Å². The molecular weight excluding hydrogens is 178 g/mol. The van der Waals surface area contributed by atoms with E-state index in [0.717, 1.165) is 11.3 Å². The van der Waals surface area contributed by atoms with Gasteiger partial charge in [-0.05, 0) is 32.9 Å². The second-order valence-electron chi connectivity index (χ2n) is 3.47. The minimum Gasteiger partial charge on any atom is -0.467 e. The largest absolute Gasteiger partial charge is 0.467 e. The maximum atomic E-state index is 11.3. The molecule has 0 fully saturated rings. The molecule has 14 heavy (non-hydrogen) atoms. The quantitative estimate of drug-likeness (QED) is 0.749. The van der Waals surface area contributed by atoms with Crippen molar-refractivity contribution in [2.45, 2.75) is 26.8 Å². The van der Waals surface area contributed by atoms with Gasteiger partial charge >= 0.3 is 0 Å². The van der Waals surface area contributed by atoms with Gasteiger partial charge in [-0.3, -0.25) is 4.79 Å². The Morgan fingerprint density at radius 3 is 2.79 bits per heavy atom. The van der Waals surface area contributed by atoms with Crippen molar-refractivity contribution in [1.29, 1.82) is 0 Å². The first kappa shape index (κ1) is 10.6. The zero-order valence-corrected chi connectivity index (χ0v) is 8.70. The number of amides is 1. The van der Waals surface area contributed by atoms with E-state index in [1.54, 1.807) is 18.4 Å². The van der Waals surface area contributed by atoms with Gasteiger partial charge in [-0.25, -0.2) is 0 Å². The molecule has 1 aromatic rings. The third kappa shape index (κ3) is 3.09. The average Bonchev–Trinajstić information content (AvgIpc) is 2.53. The summed E-state index contributed by atoms with van der Waals surface area (Å²) in [5, 5.41) is 2.80. The van der Waals surface area contributed by atoms with Crippen molar-refractivity contribution < 1.29 is 9.21 Å². The molecule has 3 nitrogen and oxygen atoms in total. The summed E-state index contributed by atoms with van der Waals surface area (Å²) in [4.78, 5) is 11.3. The van der Waals surface area contributed by atoms with Crippen molar-refractivity contribution in [3.8, 4) is 0 Å². The minimum absolute atomic E-state index is 0.0890. The Balaban J connectivity index is 2.54. The SMILES string of the molecule is CC(C)=CC(=O)N[C@@H](C)c1ccco1. The van der Waals surface area contributed by atoms with Crippen LogP contribution in [0.3, 0.4) is 0 Å². The molecule has 1 atom stereocenters. The highest BCUT2D eigenvalue weighted by atomic mass is 16.3. The van der Waals surface area contributed by atoms with E-state index in [0.29, 0.717) is 0 Å². The van der Waals surface area contributed by atoms with Crippen LogP contribution in [-0.4, -0.2) is 5.91 Å². The van der Waals surface area contributed by atoms with Crippen LogP contribution in [0.15, 0.2) is 34.5 Å². The second kappa shape index (κ2) is 4.65. The third-order valence-electron chi connectivity index (χ3n) is 1.75. The van der Waals surface area contributed by atoms with E-state index >= 15 is 0 Å². The van der Waals surface area contributed by atoms with Crippen LogP contribution in [0, 0.1) is 0 Å². The number of carbonyl (C=O) groups is 1. The first-order chi connectivity index (χ1) is 6.59. The smallest absolute Gasteiger partial charge is 0.244 e. The van der Waals surface area contributed by atoms with Gasteiger partial charge in [0.2, 0.25) is 5.91 Å². The predicted molar refractivity (Wildman–Crippen MR) is 54.7 cm³/mol. The van der Waals surface area contributed by atoms with E-state index in [9.17, 15) is 4.79 Å². The van der Waals surface area contributed by atoms with Gasteiger partial charge in [0.25, 0.3) is 0 Å².